The molecule has 0 aromatic heterocycles. The van der Waals surface area contributed by atoms with Crippen molar-refractivity contribution in [2.24, 2.45) is 11.8 Å². The maximum atomic E-state index is 12.4. The van der Waals surface area contributed by atoms with E-state index < -0.39 is 0 Å². The Balaban J connectivity index is 1.36. The average molecular weight is 329 g/mol. The summed E-state index contributed by atoms with van der Waals surface area (Å²) in [6.45, 7) is 6.60. The number of benzene rings is 1. The number of nitrogens with zero attached hydrogens (tertiary/aromatic N) is 1. The summed E-state index contributed by atoms with van der Waals surface area (Å²) in [5.74, 6) is 1.65. The highest BCUT2D eigenvalue weighted by atomic mass is 16.5. The van der Waals surface area contributed by atoms with Crippen LogP contribution in [-0.2, 0) is 16.0 Å². The van der Waals surface area contributed by atoms with Gasteiger partial charge >= 0.3 is 0 Å². The highest BCUT2D eigenvalue weighted by molar-refractivity contribution is 5.80. The van der Waals surface area contributed by atoms with Gasteiger partial charge in [-0.05, 0) is 69.8 Å². The summed E-state index contributed by atoms with van der Waals surface area (Å²) >= 11 is 0. The van der Waals surface area contributed by atoms with E-state index in [0.29, 0.717) is 5.92 Å². The van der Waals surface area contributed by atoms with Crippen molar-refractivity contribution >= 4 is 5.91 Å². The Labute approximate surface area is 146 Å². The van der Waals surface area contributed by atoms with Gasteiger partial charge in [-0.25, -0.2) is 0 Å². The van der Waals surface area contributed by atoms with Crippen LogP contribution in [0.3, 0.4) is 0 Å². The van der Waals surface area contributed by atoms with Gasteiger partial charge < -0.3 is 9.64 Å². The molecular weight excluding hydrogens is 298 g/mol. The lowest BCUT2D eigenvalue weighted by Gasteiger charge is -2.33. The van der Waals surface area contributed by atoms with Gasteiger partial charge in [0.25, 0.3) is 5.91 Å². The summed E-state index contributed by atoms with van der Waals surface area (Å²) in [6.07, 6.45) is 6.92. The lowest BCUT2D eigenvalue weighted by Crippen LogP contribution is -2.44. The van der Waals surface area contributed by atoms with Crippen LogP contribution in [0.1, 0.15) is 50.2 Å². The molecule has 1 aliphatic carbocycles. The third kappa shape index (κ3) is 5.07. The predicted octanol–water partition coefficient (Wildman–Crippen LogP) is 3.98. The Bertz CT molecular complexity index is 527. The van der Waals surface area contributed by atoms with Crippen molar-refractivity contribution in [1.29, 1.82) is 0 Å². The molecule has 1 saturated heterocycles. The molecule has 1 saturated carbocycles. The molecule has 0 unspecified atom stereocenters. The number of amides is 1. The zero-order valence-corrected chi connectivity index (χ0v) is 15.2. The van der Waals surface area contributed by atoms with Gasteiger partial charge in [-0.1, -0.05) is 29.8 Å². The SMILES string of the molecule is Cc1ccc(CCC2CCN(C(=O)[C@@H](C)OCC3CC3)CC2)cc1. The average Bonchev–Trinajstić information content (AvgIpc) is 3.43. The quantitative estimate of drug-likeness (QED) is 0.757. The first-order chi connectivity index (χ1) is 11.6. The molecule has 24 heavy (non-hydrogen) atoms. The molecule has 132 valence electrons. The van der Waals surface area contributed by atoms with Crippen LogP contribution in [0.2, 0.25) is 0 Å². The van der Waals surface area contributed by atoms with Gasteiger partial charge in [0.15, 0.2) is 0 Å². The predicted molar refractivity (Wildman–Crippen MR) is 96.9 cm³/mol. The van der Waals surface area contributed by atoms with Gasteiger partial charge in [0.2, 0.25) is 0 Å². The van der Waals surface area contributed by atoms with Crippen molar-refractivity contribution in [3.8, 4) is 0 Å². The number of rotatable bonds is 7. The molecule has 2 fully saturated rings. The second-order valence-corrected chi connectivity index (χ2v) is 7.71. The fraction of sp³-hybridized carbons (Fsp3) is 0.667. The number of piperidine rings is 1. The number of hydrogen-bond donors (Lipinski definition) is 0. The second-order valence-electron chi connectivity index (χ2n) is 7.71. The van der Waals surface area contributed by atoms with Crippen LogP contribution in [0.25, 0.3) is 0 Å². The Hall–Kier alpha value is -1.35. The van der Waals surface area contributed by atoms with Gasteiger partial charge in [0, 0.05) is 13.1 Å². The van der Waals surface area contributed by atoms with Crippen LogP contribution in [-0.4, -0.2) is 36.6 Å². The van der Waals surface area contributed by atoms with E-state index in [2.05, 4.69) is 31.2 Å². The van der Waals surface area contributed by atoms with Gasteiger partial charge in [-0.3, -0.25) is 4.79 Å². The fourth-order valence-electron chi connectivity index (χ4n) is 3.46. The van der Waals surface area contributed by atoms with E-state index in [0.717, 1.165) is 44.9 Å². The molecular formula is C21H31NO2. The smallest absolute Gasteiger partial charge is 0.251 e. The molecule has 3 nitrogen and oxygen atoms in total. The lowest BCUT2D eigenvalue weighted by atomic mass is 9.90. The minimum absolute atomic E-state index is 0.188. The van der Waals surface area contributed by atoms with Crippen LogP contribution in [0.4, 0.5) is 0 Å². The zero-order valence-electron chi connectivity index (χ0n) is 15.2. The minimum Gasteiger partial charge on any atom is -0.368 e. The van der Waals surface area contributed by atoms with Gasteiger partial charge in [0.1, 0.15) is 6.10 Å². The van der Waals surface area contributed by atoms with E-state index in [-0.39, 0.29) is 12.0 Å². The van der Waals surface area contributed by atoms with Crippen LogP contribution < -0.4 is 0 Å². The van der Waals surface area contributed by atoms with Crippen molar-refractivity contribution < 1.29 is 9.53 Å². The van der Waals surface area contributed by atoms with Crippen molar-refractivity contribution in [3.05, 3.63) is 35.4 Å². The van der Waals surface area contributed by atoms with E-state index in [1.165, 1.54) is 30.4 Å². The zero-order chi connectivity index (χ0) is 16.9. The summed E-state index contributed by atoms with van der Waals surface area (Å²) in [5.41, 5.74) is 2.75. The number of hydrogen-bond acceptors (Lipinski definition) is 2. The maximum absolute atomic E-state index is 12.4. The molecule has 0 bridgehead atoms. The lowest BCUT2D eigenvalue weighted by molar-refractivity contribution is -0.144. The van der Waals surface area contributed by atoms with Crippen molar-refractivity contribution in [3.63, 3.8) is 0 Å². The normalized spacial score (nSPS) is 20.2. The molecule has 3 rings (SSSR count). The first-order valence-corrected chi connectivity index (χ1v) is 9.57. The Morgan fingerprint density at radius 2 is 1.79 bits per heavy atom. The van der Waals surface area contributed by atoms with Crippen molar-refractivity contribution in [2.45, 2.75) is 58.5 Å². The molecule has 0 radical (unpaired) electrons. The molecule has 1 amide bonds. The standard InChI is InChI=1S/C21H31NO2/c1-16-3-5-18(6-4-16)7-8-19-11-13-22(14-12-19)21(23)17(2)24-15-20-9-10-20/h3-6,17,19-20H,7-15H2,1-2H3/t17-/m1/s1. The van der Waals surface area contributed by atoms with Crippen LogP contribution in [0, 0.1) is 18.8 Å². The maximum Gasteiger partial charge on any atom is 0.251 e. The first-order valence-electron chi connectivity index (χ1n) is 9.57. The van der Waals surface area contributed by atoms with Gasteiger partial charge in [0.05, 0.1) is 6.61 Å². The van der Waals surface area contributed by atoms with Gasteiger partial charge in [-0.15, -0.1) is 0 Å². The number of carbonyl (C=O) groups is 1. The molecule has 0 N–H and O–H groups in total. The largest absolute Gasteiger partial charge is 0.368 e. The van der Waals surface area contributed by atoms with Gasteiger partial charge in [-0.2, -0.15) is 0 Å². The van der Waals surface area contributed by atoms with Crippen LogP contribution in [0.15, 0.2) is 24.3 Å². The molecule has 1 heterocycles. The molecule has 0 spiro atoms. The summed E-state index contributed by atoms with van der Waals surface area (Å²) in [4.78, 5) is 14.5. The molecule has 1 aromatic carbocycles. The topological polar surface area (TPSA) is 29.5 Å². The number of carbonyl (C=O) groups excluding carboxylic acids is 1. The molecule has 2 aliphatic rings. The molecule has 1 aliphatic heterocycles. The Morgan fingerprint density at radius 1 is 1.12 bits per heavy atom. The second kappa shape index (κ2) is 8.15. The minimum atomic E-state index is -0.269. The van der Waals surface area contributed by atoms with E-state index in [4.69, 9.17) is 4.74 Å². The summed E-state index contributed by atoms with van der Waals surface area (Å²) in [7, 11) is 0. The van der Waals surface area contributed by atoms with E-state index in [1.54, 1.807) is 0 Å². The number of aryl methyl sites for hydroxylation is 2. The highest BCUT2D eigenvalue weighted by Crippen LogP contribution is 2.29. The van der Waals surface area contributed by atoms with E-state index >= 15 is 0 Å². The summed E-state index contributed by atoms with van der Waals surface area (Å²) in [5, 5.41) is 0. The monoisotopic (exact) mass is 329 g/mol. The number of ether oxygens (including phenoxy) is 1. The number of likely N-dealkylation sites (tertiary alicyclic amines) is 1. The summed E-state index contributed by atoms with van der Waals surface area (Å²) in [6, 6.07) is 8.87. The van der Waals surface area contributed by atoms with Crippen molar-refractivity contribution in [2.75, 3.05) is 19.7 Å². The third-order valence-corrected chi connectivity index (χ3v) is 5.51. The third-order valence-electron chi connectivity index (χ3n) is 5.51. The van der Waals surface area contributed by atoms with E-state index in [9.17, 15) is 4.79 Å². The van der Waals surface area contributed by atoms with Crippen LogP contribution >= 0.6 is 0 Å². The first kappa shape index (κ1) is 17.5. The Morgan fingerprint density at radius 3 is 2.42 bits per heavy atom. The highest BCUT2D eigenvalue weighted by Gasteiger charge is 2.28. The fourth-order valence-corrected chi connectivity index (χ4v) is 3.46. The molecule has 1 atom stereocenters. The van der Waals surface area contributed by atoms with Crippen molar-refractivity contribution in [1.82, 2.24) is 4.90 Å². The van der Waals surface area contributed by atoms with Crippen LogP contribution in [0.5, 0.6) is 0 Å². The van der Waals surface area contributed by atoms with E-state index in [1.807, 2.05) is 11.8 Å². The Kier molecular flexibility index (Phi) is 5.94. The molecule has 3 heteroatoms. The summed E-state index contributed by atoms with van der Waals surface area (Å²) < 4.78 is 5.73. The molecule has 1 aromatic rings.